The van der Waals surface area contributed by atoms with Crippen molar-refractivity contribution >= 4 is 11.6 Å². The Labute approximate surface area is 157 Å². The summed E-state index contributed by atoms with van der Waals surface area (Å²) in [5.41, 5.74) is 2.00. The number of methoxy groups -OCH3 is 1. The Balaban J connectivity index is 1.72. The van der Waals surface area contributed by atoms with Gasteiger partial charge in [-0.15, -0.1) is 0 Å². The summed E-state index contributed by atoms with van der Waals surface area (Å²) in [5, 5.41) is 2.84. The van der Waals surface area contributed by atoms with Crippen molar-refractivity contribution < 1.29 is 14.3 Å². The van der Waals surface area contributed by atoms with Crippen molar-refractivity contribution in [1.82, 2.24) is 15.0 Å². The van der Waals surface area contributed by atoms with Crippen LogP contribution in [0.4, 0.5) is 5.69 Å². The first-order chi connectivity index (χ1) is 13.1. The van der Waals surface area contributed by atoms with Gasteiger partial charge in [-0.05, 0) is 29.8 Å². The van der Waals surface area contributed by atoms with E-state index in [1.807, 2.05) is 26.0 Å². The number of ether oxygens (including phenoxy) is 2. The lowest BCUT2D eigenvalue weighted by Gasteiger charge is -2.13. The molecular formula is C20H22N4O3. The van der Waals surface area contributed by atoms with E-state index < -0.39 is 0 Å². The molecule has 0 spiro atoms. The van der Waals surface area contributed by atoms with Gasteiger partial charge in [0.05, 0.1) is 13.3 Å². The van der Waals surface area contributed by atoms with Gasteiger partial charge in [0.15, 0.2) is 11.5 Å². The van der Waals surface area contributed by atoms with Crippen LogP contribution in [0, 0.1) is 0 Å². The zero-order valence-electron chi connectivity index (χ0n) is 15.5. The van der Waals surface area contributed by atoms with Crippen LogP contribution in [-0.2, 0) is 6.61 Å². The largest absolute Gasteiger partial charge is 0.493 e. The molecule has 1 amide bonds. The number of aromatic nitrogens is 3. The van der Waals surface area contributed by atoms with E-state index in [1.54, 1.807) is 37.7 Å². The molecule has 0 radical (unpaired) electrons. The summed E-state index contributed by atoms with van der Waals surface area (Å²) in [6.45, 7) is 4.39. The lowest BCUT2D eigenvalue weighted by atomic mass is 10.2. The minimum absolute atomic E-state index is 0.223. The summed E-state index contributed by atoms with van der Waals surface area (Å²) in [7, 11) is 1.57. The van der Waals surface area contributed by atoms with E-state index in [9.17, 15) is 4.79 Å². The van der Waals surface area contributed by atoms with Crippen LogP contribution >= 0.6 is 0 Å². The molecule has 0 aliphatic rings. The van der Waals surface area contributed by atoms with Crippen molar-refractivity contribution in [2.24, 2.45) is 0 Å². The number of carbonyl (C=O) groups excluding carboxylic acids is 1. The van der Waals surface area contributed by atoms with Crippen LogP contribution in [0.1, 0.15) is 41.6 Å². The molecule has 0 aliphatic carbocycles. The molecule has 2 aromatic heterocycles. The first-order valence-corrected chi connectivity index (χ1v) is 8.63. The van der Waals surface area contributed by atoms with Crippen LogP contribution in [0.3, 0.4) is 0 Å². The second-order valence-corrected chi connectivity index (χ2v) is 6.30. The Kier molecular flexibility index (Phi) is 5.71. The summed E-state index contributed by atoms with van der Waals surface area (Å²) >= 11 is 0. The quantitative estimate of drug-likeness (QED) is 0.664. The van der Waals surface area contributed by atoms with E-state index >= 15 is 0 Å². The minimum Gasteiger partial charge on any atom is -0.493 e. The average Bonchev–Trinajstić information content (AvgIpc) is 3.18. The molecule has 0 saturated carbocycles. The molecule has 0 aliphatic heterocycles. The lowest BCUT2D eigenvalue weighted by molar-refractivity contribution is 0.102. The molecule has 3 aromatic rings. The number of pyridine rings is 1. The molecule has 3 rings (SSSR count). The van der Waals surface area contributed by atoms with Crippen molar-refractivity contribution in [2.75, 3.05) is 12.4 Å². The highest BCUT2D eigenvalue weighted by Crippen LogP contribution is 2.31. The van der Waals surface area contributed by atoms with Gasteiger partial charge in [-0.2, -0.15) is 0 Å². The summed E-state index contributed by atoms with van der Waals surface area (Å²) in [6, 6.07) is 9.00. The van der Waals surface area contributed by atoms with Gasteiger partial charge >= 0.3 is 0 Å². The molecule has 140 valence electrons. The maximum Gasteiger partial charge on any atom is 0.273 e. The number of H-pyrrole nitrogens is 1. The molecule has 7 nitrogen and oxygen atoms in total. The number of amides is 1. The number of imidazole rings is 1. The summed E-state index contributed by atoms with van der Waals surface area (Å²) < 4.78 is 11.2. The summed E-state index contributed by atoms with van der Waals surface area (Å²) in [6.07, 6.45) is 4.96. The first kappa shape index (κ1) is 18.4. The fourth-order valence-electron chi connectivity index (χ4n) is 2.45. The van der Waals surface area contributed by atoms with E-state index in [2.05, 4.69) is 20.3 Å². The highest BCUT2D eigenvalue weighted by atomic mass is 16.5. The number of hydrogen-bond acceptors (Lipinski definition) is 5. The van der Waals surface area contributed by atoms with Crippen LogP contribution in [0.5, 0.6) is 11.5 Å². The van der Waals surface area contributed by atoms with Crippen LogP contribution in [0.15, 0.2) is 48.9 Å². The van der Waals surface area contributed by atoms with E-state index in [-0.39, 0.29) is 11.8 Å². The average molecular weight is 366 g/mol. The second-order valence-electron chi connectivity index (χ2n) is 6.30. The van der Waals surface area contributed by atoms with Crippen LogP contribution in [0.2, 0.25) is 0 Å². The highest BCUT2D eigenvalue weighted by molar-refractivity contribution is 6.02. The van der Waals surface area contributed by atoms with Crippen LogP contribution in [0.25, 0.3) is 0 Å². The molecule has 0 bridgehead atoms. The van der Waals surface area contributed by atoms with Crippen molar-refractivity contribution in [2.45, 2.75) is 26.4 Å². The monoisotopic (exact) mass is 366 g/mol. The Bertz CT molecular complexity index is 907. The van der Waals surface area contributed by atoms with Gasteiger partial charge in [-0.1, -0.05) is 13.8 Å². The molecule has 0 saturated heterocycles. The van der Waals surface area contributed by atoms with Crippen LogP contribution in [-0.4, -0.2) is 28.0 Å². The van der Waals surface area contributed by atoms with Gasteiger partial charge in [0, 0.05) is 30.1 Å². The van der Waals surface area contributed by atoms with Crippen molar-refractivity contribution in [3.05, 3.63) is 66.0 Å². The SMILES string of the molecule is COc1ccc(NC(=O)c2cnc(C(C)C)[nH]2)cc1OCc1ccncc1. The van der Waals surface area contributed by atoms with E-state index in [4.69, 9.17) is 9.47 Å². The van der Waals surface area contributed by atoms with E-state index in [0.29, 0.717) is 29.5 Å². The highest BCUT2D eigenvalue weighted by Gasteiger charge is 2.13. The standard InChI is InChI=1S/C20H22N4O3/c1-13(2)19-22-11-16(24-19)20(25)23-15-4-5-17(26-3)18(10-15)27-12-14-6-8-21-9-7-14/h4-11,13H,12H2,1-3H3,(H,22,24)(H,23,25). The molecule has 2 N–H and O–H groups in total. The molecule has 0 atom stereocenters. The Morgan fingerprint density at radius 3 is 2.63 bits per heavy atom. The topological polar surface area (TPSA) is 89.1 Å². The van der Waals surface area contributed by atoms with Crippen LogP contribution < -0.4 is 14.8 Å². The van der Waals surface area contributed by atoms with E-state index in [1.165, 1.54) is 6.20 Å². The molecular weight excluding hydrogens is 344 g/mol. The summed E-state index contributed by atoms with van der Waals surface area (Å²) in [4.78, 5) is 23.7. The molecule has 27 heavy (non-hydrogen) atoms. The number of hydrogen-bond donors (Lipinski definition) is 2. The Morgan fingerprint density at radius 2 is 1.96 bits per heavy atom. The maximum atomic E-state index is 12.4. The van der Waals surface area contributed by atoms with Gasteiger partial charge in [-0.3, -0.25) is 9.78 Å². The molecule has 7 heteroatoms. The summed E-state index contributed by atoms with van der Waals surface area (Å²) in [5.74, 6) is 1.86. The predicted octanol–water partition coefficient (Wildman–Crippen LogP) is 3.77. The maximum absolute atomic E-state index is 12.4. The van der Waals surface area contributed by atoms with Gasteiger partial charge in [0.25, 0.3) is 5.91 Å². The van der Waals surface area contributed by atoms with Gasteiger partial charge in [0.1, 0.15) is 18.1 Å². The first-order valence-electron chi connectivity index (χ1n) is 8.63. The Morgan fingerprint density at radius 1 is 1.19 bits per heavy atom. The minimum atomic E-state index is -0.264. The zero-order valence-corrected chi connectivity index (χ0v) is 15.5. The van der Waals surface area contributed by atoms with E-state index in [0.717, 1.165) is 11.4 Å². The normalized spacial score (nSPS) is 10.7. The fraction of sp³-hybridized carbons (Fsp3) is 0.250. The Hall–Kier alpha value is -3.35. The number of anilines is 1. The third kappa shape index (κ3) is 4.63. The number of benzene rings is 1. The van der Waals surface area contributed by atoms with Gasteiger partial charge < -0.3 is 19.8 Å². The second kappa shape index (κ2) is 8.35. The number of rotatable bonds is 7. The number of aromatic amines is 1. The molecule has 0 fully saturated rings. The van der Waals surface area contributed by atoms with Crippen molar-refractivity contribution in [1.29, 1.82) is 0 Å². The zero-order chi connectivity index (χ0) is 19.2. The number of carbonyl (C=O) groups is 1. The number of nitrogens with zero attached hydrogens (tertiary/aromatic N) is 2. The fourth-order valence-corrected chi connectivity index (χ4v) is 2.45. The third-order valence-electron chi connectivity index (χ3n) is 3.95. The van der Waals surface area contributed by atoms with Gasteiger partial charge in [-0.25, -0.2) is 4.98 Å². The van der Waals surface area contributed by atoms with Gasteiger partial charge in [0.2, 0.25) is 0 Å². The molecule has 0 unspecified atom stereocenters. The predicted molar refractivity (Wildman–Crippen MR) is 102 cm³/mol. The molecule has 2 heterocycles. The smallest absolute Gasteiger partial charge is 0.273 e. The molecule has 1 aromatic carbocycles. The van der Waals surface area contributed by atoms with Crippen molar-refractivity contribution in [3.8, 4) is 11.5 Å². The third-order valence-corrected chi connectivity index (χ3v) is 3.95. The van der Waals surface area contributed by atoms with Crippen molar-refractivity contribution in [3.63, 3.8) is 0 Å². The lowest BCUT2D eigenvalue weighted by Crippen LogP contribution is -2.12. The number of nitrogens with one attached hydrogen (secondary N) is 2.